The van der Waals surface area contributed by atoms with Crippen LogP contribution in [0.1, 0.15) is 30.6 Å². The lowest BCUT2D eigenvalue weighted by Gasteiger charge is -2.25. The van der Waals surface area contributed by atoms with Gasteiger partial charge in [-0.25, -0.2) is 4.79 Å². The van der Waals surface area contributed by atoms with Crippen molar-refractivity contribution in [2.45, 2.75) is 20.3 Å². The highest BCUT2D eigenvalue weighted by molar-refractivity contribution is 6.33. The molecule has 6 heteroatoms. The molecule has 1 unspecified atom stereocenters. The van der Waals surface area contributed by atoms with Gasteiger partial charge >= 0.3 is 5.97 Å². The zero-order chi connectivity index (χ0) is 15.3. The Labute approximate surface area is 123 Å². The number of hydrogen-bond acceptors (Lipinski definition) is 4. The number of amides is 1. The Morgan fingerprint density at radius 3 is 2.60 bits per heavy atom. The van der Waals surface area contributed by atoms with Crippen LogP contribution in [-0.2, 0) is 9.53 Å². The quantitative estimate of drug-likeness (QED) is 0.818. The van der Waals surface area contributed by atoms with Crippen LogP contribution in [0.25, 0.3) is 0 Å². The maximum absolute atomic E-state index is 12.2. The second-order valence-corrected chi connectivity index (χ2v) is 5.17. The van der Waals surface area contributed by atoms with E-state index in [1.54, 1.807) is 13.0 Å². The maximum atomic E-state index is 12.2. The summed E-state index contributed by atoms with van der Waals surface area (Å²) in [7, 11) is 1.27. The maximum Gasteiger partial charge on any atom is 0.339 e. The summed E-state index contributed by atoms with van der Waals surface area (Å²) in [5.41, 5.74) is 5.68. The third-order valence-corrected chi connectivity index (χ3v) is 3.74. The number of esters is 1. The predicted octanol–water partition coefficient (Wildman–Crippen LogP) is 2.44. The SMILES string of the molecule is CCC(C)(CN)C(=O)Nc1ccc(Cl)c(C(=O)OC)c1. The zero-order valence-electron chi connectivity index (χ0n) is 11.8. The van der Waals surface area contributed by atoms with Gasteiger partial charge in [-0.3, -0.25) is 4.79 Å². The van der Waals surface area contributed by atoms with Crippen LogP contribution < -0.4 is 11.1 Å². The number of halogens is 1. The number of nitrogens with one attached hydrogen (secondary N) is 1. The lowest BCUT2D eigenvalue weighted by atomic mass is 9.86. The summed E-state index contributed by atoms with van der Waals surface area (Å²) >= 11 is 5.92. The molecule has 1 aromatic rings. The van der Waals surface area contributed by atoms with Gasteiger partial charge in [0.05, 0.1) is 23.1 Å². The molecule has 0 aromatic heterocycles. The van der Waals surface area contributed by atoms with Crippen LogP contribution in [-0.4, -0.2) is 25.5 Å². The minimum absolute atomic E-state index is 0.194. The van der Waals surface area contributed by atoms with Crippen molar-refractivity contribution in [3.63, 3.8) is 0 Å². The normalized spacial score (nSPS) is 13.4. The first-order chi connectivity index (χ1) is 9.37. The number of rotatable bonds is 5. The van der Waals surface area contributed by atoms with Crippen molar-refractivity contribution in [1.29, 1.82) is 0 Å². The van der Waals surface area contributed by atoms with Crippen molar-refractivity contribution in [1.82, 2.24) is 0 Å². The lowest BCUT2D eigenvalue weighted by molar-refractivity contribution is -0.124. The molecule has 5 nitrogen and oxygen atoms in total. The highest BCUT2D eigenvalue weighted by atomic mass is 35.5. The number of methoxy groups -OCH3 is 1. The van der Waals surface area contributed by atoms with Gasteiger partial charge in [0, 0.05) is 12.2 Å². The molecule has 0 heterocycles. The minimum atomic E-state index is -0.648. The summed E-state index contributed by atoms with van der Waals surface area (Å²) in [6.07, 6.45) is 0.618. The number of ether oxygens (including phenoxy) is 1. The highest BCUT2D eigenvalue weighted by Crippen LogP contribution is 2.25. The van der Waals surface area contributed by atoms with E-state index in [-0.39, 0.29) is 23.0 Å². The molecule has 1 rings (SSSR count). The smallest absolute Gasteiger partial charge is 0.339 e. The van der Waals surface area contributed by atoms with Gasteiger partial charge < -0.3 is 15.8 Å². The van der Waals surface area contributed by atoms with Crippen molar-refractivity contribution in [2.75, 3.05) is 19.0 Å². The van der Waals surface area contributed by atoms with E-state index in [4.69, 9.17) is 17.3 Å². The second-order valence-electron chi connectivity index (χ2n) is 4.76. The van der Waals surface area contributed by atoms with Crippen molar-refractivity contribution in [2.24, 2.45) is 11.1 Å². The Bertz CT molecular complexity index is 513. The van der Waals surface area contributed by atoms with Gasteiger partial charge in [-0.15, -0.1) is 0 Å². The molecule has 110 valence electrons. The lowest BCUT2D eigenvalue weighted by Crippen LogP contribution is -2.39. The first-order valence-electron chi connectivity index (χ1n) is 6.27. The van der Waals surface area contributed by atoms with Crippen molar-refractivity contribution < 1.29 is 14.3 Å². The molecule has 0 saturated heterocycles. The van der Waals surface area contributed by atoms with E-state index >= 15 is 0 Å². The van der Waals surface area contributed by atoms with Gasteiger partial charge in [0.25, 0.3) is 0 Å². The van der Waals surface area contributed by atoms with E-state index in [1.165, 1.54) is 19.2 Å². The molecule has 0 spiro atoms. The van der Waals surface area contributed by atoms with Gasteiger partial charge in [-0.1, -0.05) is 18.5 Å². The second kappa shape index (κ2) is 6.72. The minimum Gasteiger partial charge on any atom is -0.465 e. The molecule has 0 aliphatic heterocycles. The Kier molecular flexibility index (Phi) is 5.53. The molecule has 0 radical (unpaired) electrons. The molecule has 0 aliphatic rings. The highest BCUT2D eigenvalue weighted by Gasteiger charge is 2.29. The number of carbonyl (C=O) groups is 2. The molecule has 1 atom stereocenters. The summed E-state index contributed by atoms with van der Waals surface area (Å²) in [6.45, 7) is 3.93. The van der Waals surface area contributed by atoms with Crippen LogP contribution in [0, 0.1) is 5.41 Å². The molecule has 0 fully saturated rings. The van der Waals surface area contributed by atoms with Crippen molar-refractivity contribution >= 4 is 29.2 Å². The summed E-state index contributed by atoms with van der Waals surface area (Å²) in [5, 5.41) is 3.02. The summed E-state index contributed by atoms with van der Waals surface area (Å²) in [5.74, 6) is -0.746. The summed E-state index contributed by atoms with van der Waals surface area (Å²) in [4.78, 5) is 23.7. The predicted molar refractivity (Wildman–Crippen MR) is 78.9 cm³/mol. The number of anilines is 1. The standard InChI is InChI=1S/C14H19ClN2O3/c1-4-14(2,8-16)13(19)17-9-5-6-11(15)10(7-9)12(18)20-3/h5-7H,4,8,16H2,1-3H3,(H,17,19). The molecule has 20 heavy (non-hydrogen) atoms. The van der Waals surface area contributed by atoms with Crippen molar-refractivity contribution in [3.8, 4) is 0 Å². The van der Waals surface area contributed by atoms with Crippen LogP contribution in [0.3, 0.4) is 0 Å². The van der Waals surface area contributed by atoms with Gasteiger partial charge in [0.15, 0.2) is 0 Å². The Hall–Kier alpha value is -1.59. The van der Waals surface area contributed by atoms with Crippen LogP contribution >= 0.6 is 11.6 Å². The first-order valence-corrected chi connectivity index (χ1v) is 6.65. The summed E-state index contributed by atoms with van der Waals surface area (Å²) in [6, 6.07) is 4.65. The average Bonchev–Trinajstić information content (AvgIpc) is 2.47. The number of nitrogens with two attached hydrogens (primary N) is 1. The topological polar surface area (TPSA) is 81.4 Å². The van der Waals surface area contributed by atoms with Crippen LogP contribution in [0.2, 0.25) is 5.02 Å². The molecule has 1 aromatic carbocycles. The van der Waals surface area contributed by atoms with Crippen LogP contribution in [0.4, 0.5) is 5.69 Å². The zero-order valence-corrected chi connectivity index (χ0v) is 12.6. The average molecular weight is 299 g/mol. The van der Waals surface area contributed by atoms with E-state index in [0.29, 0.717) is 12.1 Å². The molecule has 1 amide bonds. The Balaban J connectivity index is 3.00. The third-order valence-electron chi connectivity index (χ3n) is 3.41. The molecule has 0 aliphatic carbocycles. The van der Waals surface area contributed by atoms with E-state index in [1.807, 2.05) is 6.92 Å². The summed E-state index contributed by atoms with van der Waals surface area (Å²) < 4.78 is 4.63. The van der Waals surface area contributed by atoms with Gasteiger partial charge in [0.1, 0.15) is 0 Å². The Morgan fingerprint density at radius 1 is 1.45 bits per heavy atom. The fraction of sp³-hybridized carbons (Fsp3) is 0.429. The number of benzene rings is 1. The largest absolute Gasteiger partial charge is 0.465 e. The van der Waals surface area contributed by atoms with E-state index in [2.05, 4.69) is 10.1 Å². The molecule has 0 saturated carbocycles. The first kappa shape index (κ1) is 16.5. The fourth-order valence-electron chi connectivity index (χ4n) is 1.55. The van der Waals surface area contributed by atoms with E-state index in [0.717, 1.165) is 0 Å². The molecular weight excluding hydrogens is 280 g/mol. The molecular formula is C14H19ClN2O3. The molecule has 3 N–H and O–H groups in total. The number of hydrogen-bond donors (Lipinski definition) is 2. The molecule has 0 bridgehead atoms. The number of carbonyl (C=O) groups excluding carboxylic acids is 2. The third kappa shape index (κ3) is 3.49. The van der Waals surface area contributed by atoms with E-state index in [9.17, 15) is 9.59 Å². The monoisotopic (exact) mass is 298 g/mol. The van der Waals surface area contributed by atoms with Crippen molar-refractivity contribution in [3.05, 3.63) is 28.8 Å². The van der Waals surface area contributed by atoms with Gasteiger partial charge in [0.2, 0.25) is 5.91 Å². The fourth-order valence-corrected chi connectivity index (χ4v) is 1.74. The van der Waals surface area contributed by atoms with Gasteiger partial charge in [-0.2, -0.15) is 0 Å². The van der Waals surface area contributed by atoms with E-state index < -0.39 is 11.4 Å². The van der Waals surface area contributed by atoms with Crippen LogP contribution in [0.15, 0.2) is 18.2 Å². The van der Waals surface area contributed by atoms with Crippen LogP contribution in [0.5, 0.6) is 0 Å². The van der Waals surface area contributed by atoms with Gasteiger partial charge in [-0.05, 0) is 31.5 Å². The Morgan fingerprint density at radius 2 is 2.10 bits per heavy atom.